The predicted octanol–water partition coefficient (Wildman–Crippen LogP) is 2.48. The van der Waals surface area contributed by atoms with Gasteiger partial charge in [0, 0.05) is 24.8 Å². The summed E-state index contributed by atoms with van der Waals surface area (Å²) in [4.78, 5) is 0. The van der Waals surface area contributed by atoms with Crippen LogP contribution in [0.3, 0.4) is 0 Å². The summed E-state index contributed by atoms with van der Waals surface area (Å²) >= 11 is 1.61. The van der Waals surface area contributed by atoms with Crippen LogP contribution in [0.4, 0.5) is 0 Å². The molecule has 136 valence electrons. The third-order valence-corrected chi connectivity index (χ3v) is 7.26. The van der Waals surface area contributed by atoms with Crippen LogP contribution >= 0.6 is 11.8 Å². The molecule has 8 heteroatoms. The highest BCUT2D eigenvalue weighted by Crippen LogP contribution is 2.28. The first-order valence-corrected chi connectivity index (χ1v) is 11.2. The van der Waals surface area contributed by atoms with Gasteiger partial charge in [0.2, 0.25) is 0 Å². The van der Waals surface area contributed by atoms with E-state index in [9.17, 15) is 8.42 Å². The first kappa shape index (κ1) is 18.3. The molecule has 0 bridgehead atoms. The second kappa shape index (κ2) is 7.78. The Labute approximate surface area is 152 Å². The molecule has 1 unspecified atom stereocenters. The largest absolute Gasteiger partial charge is 0.494 e. The van der Waals surface area contributed by atoms with Gasteiger partial charge in [-0.25, -0.2) is 8.42 Å². The predicted molar refractivity (Wildman–Crippen MR) is 98.6 cm³/mol. The minimum Gasteiger partial charge on any atom is -0.494 e. The van der Waals surface area contributed by atoms with Gasteiger partial charge in [0.1, 0.15) is 11.6 Å². The number of hydrogen-bond donors (Lipinski definition) is 0. The molecule has 6 nitrogen and oxygen atoms in total. The summed E-state index contributed by atoms with van der Waals surface area (Å²) in [5, 5.41) is 9.37. The molecule has 1 aliphatic heterocycles. The van der Waals surface area contributed by atoms with E-state index in [1.807, 2.05) is 36.7 Å². The van der Waals surface area contributed by atoms with Crippen molar-refractivity contribution in [1.82, 2.24) is 14.8 Å². The van der Waals surface area contributed by atoms with E-state index in [1.54, 1.807) is 11.8 Å². The van der Waals surface area contributed by atoms with Gasteiger partial charge in [-0.15, -0.1) is 10.2 Å². The lowest BCUT2D eigenvalue weighted by Gasteiger charge is -2.10. The van der Waals surface area contributed by atoms with Crippen molar-refractivity contribution in [3.8, 4) is 5.75 Å². The topological polar surface area (TPSA) is 74.1 Å². The number of rotatable bonds is 7. The van der Waals surface area contributed by atoms with Gasteiger partial charge in [-0.2, -0.15) is 0 Å². The van der Waals surface area contributed by atoms with Crippen LogP contribution in [0.25, 0.3) is 0 Å². The molecule has 2 aromatic rings. The van der Waals surface area contributed by atoms with Crippen LogP contribution < -0.4 is 4.74 Å². The van der Waals surface area contributed by atoms with Gasteiger partial charge in [0.15, 0.2) is 15.0 Å². The summed E-state index contributed by atoms with van der Waals surface area (Å²) in [5.74, 6) is 3.22. The molecule has 0 spiro atoms. The molecule has 1 aliphatic rings. The maximum absolute atomic E-state index is 11.6. The van der Waals surface area contributed by atoms with Gasteiger partial charge in [-0.1, -0.05) is 30.0 Å². The summed E-state index contributed by atoms with van der Waals surface area (Å²) in [7, 11) is -0.915. The Kier molecular flexibility index (Phi) is 5.68. The van der Waals surface area contributed by atoms with Crippen LogP contribution in [-0.2, 0) is 29.1 Å². The van der Waals surface area contributed by atoms with Crippen LogP contribution in [-0.4, -0.2) is 41.3 Å². The Balaban J connectivity index is 1.64. The van der Waals surface area contributed by atoms with Gasteiger partial charge in [-0.3, -0.25) is 0 Å². The normalized spacial score (nSPS) is 19.2. The first-order chi connectivity index (χ1) is 12.0. The van der Waals surface area contributed by atoms with Crippen LogP contribution in [0, 0.1) is 5.92 Å². The lowest BCUT2D eigenvalue weighted by Crippen LogP contribution is -2.11. The number of hydrogen-bond acceptors (Lipinski definition) is 6. The highest BCUT2D eigenvalue weighted by molar-refractivity contribution is 7.98. The third kappa shape index (κ3) is 4.55. The Hall–Kier alpha value is -1.54. The van der Waals surface area contributed by atoms with Crippen LogP contribution in [0.5, 0.6) is 5.75 Å². The van der Waals surface area contributed by atoms with E-state index in [-0.39, 0.29) is 11.7 Å². The first-order valence-electron chi connectivity index (χ1n) is 8.40. The smallest absolute Gasteiger partial charge is 0.191 e. The molecule has 0 amide bonds. The highest BCUT2D eigenvalue weighted by Gasteiger charge is 2.29. The minimum atomic E-state index is -2.85. The van der Waals surface area contributed by atoms with Crippen molar-refractivity contribution in [3.05, 3.63) is 35.7 Å². The van der Waals surface area contributed by atoms with Gasteiger partial charge < -0.3 is 9.30 Å². The van der Waals surface area contributed by atoms with Gasteiger partial charge in [0.25, 0.3) is 0 Å². The molecule has 0 saturated carbocycles. The molecule has 0 radical (unpaired) electrons. The number of aromatic nitrogens is 3. The van der Waals surface area contributed by atoms with E-state index < -0.39 is 9.84 Å². The molecular weight excluding hydrogens is 358 g/mol. The number of ether oxygens (including phenoxy) is 1. The second-order valence-electron chi connectivity index (χ2n) is 6.26. The number of para-hydroxylation sites is 1. The Morgan fingerprint density at radius 1 is 1.32 bits per heavy atom. The molecule has 3 rings (SSSR count). The number of sulfone groups is 1. The van der Waals surface area contributed by atoms with Crippen LogP contribution in [0.15, 0.2) is 29.4 Å². The highest BCUT2D eigenvalue weighted by atomic mass is 32.2. The SMILES string of the molecule is CCOc1ccccc1CSc1nnc(CC2CCS(=O)(=O)C2)n1C. The van der Waals surface area contributed by atoms with Crippen molar-refractivity contribution in [3.63, 3.8) is 0 Å². The van der Waals surface area contributed by atoms with E-state index in [0.29, 0.717) is 18.8 Å². The number of benzene rings is 1. The fraction of sp³-hybridized carbons (Fsp3) is 0.529. The molecule has 25 heavy (non-hydrogen) atoms. The Morgan fingerprint density at radius 3 is 2.84 bits per heavy atom. The number of thioether (sulfide) groups is 1. The van der Waals surface area contributed by atoms with Gasteiger partial charge in [0.05, 0.1) is 18.1 Å². The maximum atomic E-state index is 11.6. The van der Waals surface area contributed by atoms with Crippen LogP contribution in [0.1, 0.15) is 24.7 Å². The van der Waals surface area contributed by atoms with Crippen molar-refractivity contribution in [2.45, 2.75) is 30.7 Å². The van der Waals surface area contributed by atoms with Crippen molar-refractivity contribution >= 4 is 21.6 Å². The molecule has 0 aliphatic carbocycles. The third-order valence-electron chi connectivity index (χ3n) is 4.35. The average Bonchev–Trinajstić information content (AvgIpc) is 3.10. The lowest BCUT2D eigenvalue weighted by atomic mass is 10.1. The van der Waals surface area contributed by atoms with E-state index in [1.165, 1.54) is 0 Å². The summed E-state index contributed by atoms with van der Waals surface area (Å²) in [6, 6.07) is 8.00. The maximum Gasteiger partial charge on any atom is 0.191 e. The minimum absolute atomic E-state index is 0.157. The lowest BCUT2D eigenvalue weighted by molar-refractivity contribution is 0.337. The van der Waals surface area contributed by atoms with Gasteiger partial charge in [-0.05, 0) is 25.3 Å². The van der Waals surface area contributed by atoms with E-state index >= 15 is 0 Å². The zero-order valence-electron chi connectivity index (χ0n) is 14.5. The molecule has 1 aromatic heterocycles. The summed E-state index contributed by atoms with van der Waals surface area (Å²) < 4.78 is 30.8. The number of nitrogens with zero attached hydrogens (tertiary/aromatic N) is 3. The zero-order chi connectivity index (χ0) is 17.9. The quantitative estimate of drug-likeness (QED) is 0.686. The molecular formula is C17H23N3O3S2. The van der Waals surface area contributed by atoms with Crippen molar-refractivity contribution in [2.75, 3.05) is 18.1 Å². The molecule has 2 heterocycles. The van der Waals surface area contributed by atoms with Gasteiger partial charge >= 0.3 is 0 Å². The Morgan fingerprint density at radius 2 is 2.12 bits per heavy atom. The molecule has 1 aromatic carbocycles. The monoisotopic (exact) mass is 381 g/mol. The second-order valence-corrected chi connectivity index (χ2v) is 9.43. The van der Waals surface area contributed by atoms with E-state index in [2.05, 4.69) is 16.3 Å². The zero-order valence-corrected chi connectivity index (χ0v) is 16.1. The molecule has 0 N–H and O–H groups in total. The fourth-order valence-electron chi connectivity index (χ4n) is 3.00. The van der Waals surface area contributed by atoms with E-state index in [0.717, 1.165) is 34.5 Å². The van der Waals surface area contributed by atoms with Crippen LogP contribution in [0.2, 0.25) is 0 Å². The average molecular weight is 382 g/mol. The summed E-state index contributed by atoms with van der Waals surface area (Å²) in [6.07, 6.45) is 1.39. The van der Waals surface area contributed by atoms with E-state index in [4.69, 9.17) is 4.74 Å². The van der Waals surface area contributed by atoms with Crippen molar-refractivity contribution < 1.29 is 13.2 Å². The molecule has 1 saturated heterocycles. The van der Waals surface area contributed by atoms with Crippen molar-refractivity contribution in [1.29, 1.82) is 0 Å². The summed E-state index contributed by atoms with van der Waals surface area (Å²) in [6.45, 7) is 2.61. The molecule has 1 fully saturated rings. The fourth-order valence-corrected chi connectivity index (χ4v) is 5.78. The summed E-state index contributed by atoms with van der Waals surface area (Å²) in [5.41, 5.74) is 1.13. The van der Waals surface area contributed by atoms with Crippen molar-refractivity contribution in [2.24, 2.45) is 13.0 Å². The Bertz CT molecular complexity index is 833. The standard InChI is InChI=1S/C17H23N3O3S2/c1-3-23-15-7-5-4-6-14(15)11-24-17-19-18-16(20(17)2)10-13-8-9-25(21,22)12-13/h4-7,13H,3,8-12H2,1-2H3. The molecule has 1 atom stereocenters.